The molecule has 1 atom stereocenters. The number of halogens is 4. The number of piperidine rings is 2. The summed E-state index contributed by atoms with van der Waals surface area (Å²) in [6, 6.07) is 10.4. The van der Waals surface area contributed by atoms with Gasteiger partial charge in [0, 0.05) is 64.1 Å². The quantitative estimate of drug-likeness (QED) is 0.401. The first-order valence-electron chi connectivity index (χ1n) is 14.9. The zero-order chi connectivity index (χ0) is 31.6. The third-order valence-electron chi connectivity index (χ3n) is 8.97. The number of fused-ring (bicyclic) bond motifs is 2. The zero-order valence-electron chi connectivity index (χ0n) is 25.2. The molecule has 13 heteroatoms. The summed E-state index contributed by atoms with van der Waals surface area (Å²) in [5, 5.41) is 5.22. The van der Waals surface area contributed by atoms with E-state index >= 15 is 0 Å². The lowest BCUT2D eigenvalue weighted by atomic mass is 9.82. The summed E-state index contributed by atoms with van der Waals surface area (Å²) in [5.74, 6) is -0.251. The lowest BCUT2D eigenvalue weighted by molar-refractivity contribution is -0.150. The van der Waals surface area contributed by atoms with Crippen molar-refractivity contribution in [1.82, 2.24) is 14.7 Å². The van der Waals surface area contributed by atoms with E-state index in [0.29, 0.717) is 45.1 Å². The van der Waals surface area contributed by atoms with Crippen molar-refractivity contribution in [3.05, 3.63) is 58.1 Å². The number of likely N-dealkylation sites (tertiary alicyclic amines) is 2. The van der Waals surface area contributed by atoms with E-state index in [1.54, 1.807) is 4.90 Å². The Kier molecular flexibility index (Phi) is 9.64. The number of hydrogen-bond donors (Lipinski definition) is 2. The van der Waals surface area contributed by atoms with Crippen LogP contribution >= 0.6 is 11.6 Å². The van der Waals surface area contributed by atoms with Crippen molar-refractivity contribution in [2.75, 3.05) is 64.7 Å². The summed E-state index contributed by atoms with van der Waals surface area (Å²) in [7, 11) is 5.41. The molecule has 2 fully saturated rings. The highest BCUT2D eigenvalue weighted by atomic mass is 35.5. The molecule has 0 radical (unpaired) electrons. The Hall–Kier alpha value is -3.06. The highest BCUT2D eigenvalue weighted by Gasteiger charge is 2.44. The minimum atomic E-state index is -4.63. The Bertz CT molecular complexity index is 1360. The smallest absolute Gasteiger partial charge is 0.418 e. The fourth-order valence-corrected chi connectivity index (χ4v) is 6.80. The highest BCUT2D eigenvalue weighted by molar-refractivity contribution is 6.33. The molecule has 3 aliphatic rings. The van der Waals surface area contributed by atoms with Gasteiger partial charge in [-0.05, 0) is 50.7 Å². The molecular formula is C31H39ClF3N5O4. The van der Waals surface area contributed by atoms with Gasteiger partial charge in [-0.3, -0.25) is 15.0 Å². The maximum atomic E-state index is 13.9. The largest absolute Gasteiger partial charge is 0.438 e. The molecule has 1 spiro atoms. The van der Waals surface area contributed by atoms with Gasteiger partial charge in [0.15, 0.2) is 0 Å². The van der Waals surface area contributed by atoms with Crippen molar-refractivity contribution < 1.29 is 32.2 Å². The van der Waals surface area contributed by atoms with Gasteiger partial charge in [-0.25, -0.2) is 4.79 Å². The van der Waals surface area contributed by atoms with E-state index in [2.05, 4.69) is 15.5 Å². The van der Waals surface area contributed by atoms with E-state index in [1.165, 1.54) is 13.1 Å². The number of benzene rings is 2. The summed E-state index contributed by atoms with van der Waals surface area (Å²) < 4.78 is 53.7. The monoisotopic (exact) mass is 637 g/mol. The average molecular weight is 638 g/mol. The van der Waals surface area contributed by atoms with Crippen molar-refractivity contribution in [1.29, 1.82) is 0 Å². The number of para-hydroxylation sites is 1. The number of rotatable bonds is 8. The minimum Gasteiger partial charge on any atom is -0.438 e. The predicted octanol–water partition coefficient (Wildman–Crippen LogP) is 5.39. The van der Waals surface area contributed by atoms with Crippen LogP contribution < -0.4 is 10.6 Å². The SMILES string of the molecule is CNc1c(Cl)cc(C[C@@H](OCN2CCC3(CC2)OC(=O)Nc2ccccc23)C(=O)N2CCC(N(C)C)CC2)cc1C(F)(F)F. The molecule has 3 aliphatic heterocycles. The molecule has 2 amide bonds. The standard InChI is InChI=1S/C31H39ClF3N5O4/c1-36-27-23(31(33,34)35)16-20(17-24(27)32)18-26(28(41)40-12-8-21(9-13-40)38(2)3)43-19-39-14-10-30(11-15-39)22-6-4-5-7-25(22)37-29(42)44-30/h4-7,16-17,21,26,36H,8-15,18-19H2,1-3H3,(H,37,42)/t26-/m1/s1. The number of anilines is 2. The Morgan fingerprint density at radius 1 is 1.18 bits per heavy atom. The number of hydrogen-bond acceptors (Lipinski definition) is 7. The fourth-order valence-electron chi connectivity index (χ4n) is 6.46. The number of carbonyl (C=O) groups is 2. The maximum Gasteiger partial charge on any atom is 0.418 e. The van der Waals surface area contributed by atoms with E-state index in [1.807, 2.05) is 43.3 Å². The number of amides is 2. The number of nitrogens with zero attached hydrogens (tertiary/aromatic N) is 3. The van der Waals surface area contributed by atoms with Gasteiger partial charge in [0.25, 0.3) is 5.91 Å². The summed E-state index contributed by atoms with van der Waals surface area (Å²) in [6.07, 6.45) is -3.51. The van der Waals surface area contributed by atoms with Gasteiger partial charge in [-0.15, -0.1) is 0 Å². The van der Waals surface area contributed by atoms with Crippen LogP contribution in [0, 0.1) is 0 Å². The molecule has 2 N–H and O–H groups in total. The minimum absolute atomic E-state index is 0.0618. The lowest BCUT2D eigenvalue weighted by Gasteiger charge is -2.44. The third-order valence-corrected chi connectivity index (χ3v) is 9.27. The molecule has 2 saturated heterocycles. The van der Waals surface area contributed by atoms with Crippen molar-refractivity contribution in [3.63, 3.8) is 0 Å². The van der Waals surface area contributed by atoms with Crippen LogP contribution in [0.1, 0.15) is 42.4 Å². The zero-order valence-corrected chi connectivity index (χ0v) is 25.9. The highest BCUT2D eigenvalue weighted by Crippen LogP contribution is 2.43. The van der Waals surface area contributed by atoms with Gasteiger partial charge in [0.1, 0.15) is 18.4 Å². The number of carbonyl (C=O) groups excluding carboxylic acids is 2. The first-order chi connectivity index (χ1) is 20.9. The molecular weight excluding hydrogens is 599 g/mol. The molecule has 0 bridgehead atoms. The Balaban J connectivity index is 1.31. The predicted molar refractivity (Wildman–Crippen MR) is 162 cm³/mol. The molecule has 2 aromatic rings. The summed E-state index contributed by atoms with van der Waals surface area (Å²) >= 11 is 6.26. The molecule has 2 aromatic carbocycles. The number of alkyl halides is 3. The van der Waals surface area contributed by atoms with E-state index in [9.17, 15) is 22.8 Å². The average Bonchev–Trinajstić information content (AvgIpc) is 2.99. The fraction of sp³-hybridized carbons (Fsp3) is 0.548. The van der Waals surface area contributed by atoms with E-state index in [4.69, 9.17) is 21.1 Å². The summed E-state index contributed by atoms with van der Waals surface area (Å²) in [6.45, 7) is 2.26. The van der Waals surface area contributed by atoms with Crippen LogP contribution in [0.2, 0.25) is 5.02 Å². The summed E-state index contributed by atoms with van der Waals surface area (Å²) in [5.41, 5.74) is 0.0774. The first-order valence-corrected chi connectivity index (χ1v) is 15.2. The van der Waals surface area contributed by atoms with Crippen LogP contribution in [-0.4, -0.2) is 92.9 Å². The van der Waals surface area contributed by atoms with Gasteiger partial charge in [0.2, 0.25) is 0 Å². The van der Waals surface area contributed by atoms with Gasteiger partial charge in [0.05, 0.1) is 22.0 Å². The Morgan fingerprint density at radius 3 is 2.50 bits per heavy atom. The number of ether oxygens (including phenoxy) is 2. The van der Waals surface area contributed by atoms with Crippen LogP contribution in [0.15, 0.2) is 36.4 Å². The van der Waals surface area contributed by atoms with Crippen LogP contribution in [0.4, 0.5) is 29.3 Å². The Morgan fingerprint density at radius 2 is 1.86 bits per heavy atom. The lowest BCUT2D eigenvalue weighted by Crippen LogP contribution is -2.51. The first kappa shape index (κ1) is 32.3. The second-order valence-electron chi connectivity index (χ2n) is 11.9. The topological polar surface area (TPSA) is 86.4 Å². The molecule has 44 heavy (non-hydrogen) atoms. The Labute approximate surface area is 260 Å². The van der Waals surface area contributed by atoms with E-state index < -0.39 is 29.5 Å². The molecule has 0 saturated carbocycles. The van der Waals surface area contributed by atoms with Crippen LogP contribution in [0.3, 0.4) is 0 Å². The maximum absolute atomic E-state index is 13.9. The molecule has 0 unspecified atom stereocenters. The van der Waals surface area contributed by atoms with Gasteiger partial charge >= 0.3 is 12.3 Å². The third kappa shape index (κ3) is 6.93. The van der Waals surface area contributed by atoms with Crippen LogP contribution in [0.5, 0.6) is 0 Å². The molecule has 240 valence electrons. The van der Waals surface area contributed by atoms with Crippen LogP contribution in [-0.2, 0) is 32.5 Å². The van der Waals surface area contributed by atoms with Crippen molar-refractivity contribution in [2.45, 2.75) is 56.0 Å². The molecule has 5 rings (SSSR count). The molecule has 0 aromatic heterocycles. The second-order valence-corrected chi connectivity index (χ2v) is 12.3. The molecule has 0 aliphatic carbocycles. The second kappa shape index (κ2) is 13.1. The molecule has 3 heterocycles. The number of nitrogens with one attached hydrogen (secondary N) is 2. The van der Waals surface area contributed by atoms with E-state index in [0.717, 1.165) is 30.2 Å². The van der Waals surface area contributed by atoms with Crippen molar-refractivity contribution >= 4 is 35.0 Å². The molecule has 9 nitrogen and oxygen atoms in total. The van der Waals surface area contributed by atoms with Gasteiger partial charge in [-0.2, -0.15) is 13.2 Å². The van der Waals surface area contributed by atoms with E-state index in [-0.39, 0.29) is 35.3 Å². The van der Waals surface area contributed by atoms with Crippen molar-refractivity contribution in [3.8, 4) is 0 Å². The normalized spacial score (nSPS) is 19.8. The van der Waals surface area contributed by atoms with Gasteiger partial charge < -0.3 is 24.6 Å². The van der Waals surface area contributed by atoms with Crippen LogP contribution in [0.25, 0.3) is 0 Å². The van der Waals surface area contributed by atoms with Gasteiger partial charge in [-0.1, -0.05) is 29.8 Å². The summed E-state index contributed by atoms with van der Waals surface area (Å²) in [4.78, 5) is 32.0. The van der Waals surface area contributed by atoms with Crippen molar-refractivity contribution in [2.24, 2.45) is 0 Å².